The Kier molecular flexibility index (Phi) is 4.28. The van der Waals surface area contributed by atoms with E-state index in [4.69, 9.17) is 5.11 Å². The molecule has 136 valence electrons. The summed E-state index contributed by atoms with van der Waals surface area (Å²) in [5, 5.41) is 12.7. The van der Waals surface area contributed by atoms with Crippen molar-refractivity contribution in [3.05, 3.63) is 51.8 Å². The quantitative estimate of drug-likeness (QED) is 0.784. The van der Waals surface area contributed by atoms with E-state index in [1.165, 1.54) is 18.2 Å². The van der Waals surface area contributed by atoms with Gasteiger partial charge in [-0.05, 0) is 54.6 Å². The zero-order valence-electron chi connectivity index (χ0n) is 14.8. The van der Waals surface area contributed by atoms with Crippen LogP contribution in [-0.2, 0) is 6.42 Å². The van der Waals surface area contributed by atoms with Gasteiger partial charge in [-0.1, -0.05) is 19.1 Å². The van der Waals surface area contributed by atoms with Gasteiger partial charge in [0.15, 0.2) is 0 Å². The molecule has 3 heterocycles. The van der Waals surface area contributed by atoms with Crippen LogP contribution in [0.2, 0.25) is 0 Å². The number of nitrogens with zero attached hydrogens (tertiary/aromatic N) is 1. The molecule has 2 aliphatic heterocycles. The Morgan fingerprint density at radius 3 is 2.69 bits per heavy atom. The van der Waals surface area contributed by atoms with Crippen molar-refractivity contribution in [3.8, 4) is 11.3 Å². The van der Waals surface area contributed by atoms with Gasteiger partial charge in [-0.25, -0.2) is 4.79 Å². The number of carboxylic acid groups (broad SMARTS) is 1. The Morgan fingerprint density at radius 1 is 1.27 bits per heavy atom. The van der Waals surface area contributed by atoms with Crippen LogP contribution in [0.3, 0.4) is 0 Å². The third kappa shape index (κ3) is 2.90. The average molecular weight is 353 g/mol. The number of hydrogen-bond acceptors (Lipinski definition) is 4. The number of aryl methyl sites for hydroxylation is 1. The van der Waals surface area contributed by atoms with Crippen molar-refractivity contribution in [3.63, 3.8) is 0 Å². The van der Waals surface area contributed by atoms with Gasteiger partial charge < -0.3 is 20.3 Å². The second-order valence-corrected chi connectivity index (χ2v) is 7.13. The molecule has 0 radical (unpaired) electrons. The molecule has 0 spiro atoms. The smallest absolute Gasteiger partial charge is 0.341 e. The number of anilines is 1. The Hall–Kier alpha value is -2.60. The van der Waals surface area contributed by atoms with E-state index in [2.05, 4.69) is 27.3 Å². The minimum Gasteiger partial charge on any atom is -0.477 e. The van der Waals surface area contributed by atoms with E-state index in [1.807, 2.05) is 19.1 Å². The van der Waals surface area contributed by atoms with Gasteiger partial charge in [-0.3, -0.25) is 4.79 Å². The Bertz CT molecular complexity index is 876. The van der Waals surface area contributed by atoms with Gasteiger partial charge in [0.25, 0.3) is 5.56 Å². The molecule has 0 saturated carbocycles. The maximum atomic E-state index is 12.1. The molecule has 0 amide bonds. The number of H-pyrrole nitrogens is 1. The van der Waals surface area contributed by atoms with Gasteiger partial charge in [0.1, 0.15) is 5.56 Å². The second kappa shape index (κ2) is 6.61. The molecule has 2 saturated heterocycles. The summed E-state index contributed by atoms with van der Waals surface area (Å²) >= 11 is 0. The van der Waals surface area contributed by atoms with Crippen LogP contribution in [0.25, 0.3) is 11.3 Å². The molecule has 1 aromatic carbocycles. The van der Waals surface area contributed by atoms with E-state index in [0.717, 1.165) is 36.7 Å². The molecule has 1 aromatic heterocycles. The first-order valence-electron chi connectivity index (χ1n) is 9.15. The summed E-state index contributed by atoms with van der Waals surface area (Å²) in [4.78, 5) is 28.4. The molecule has 6 nitrogen and oxygen atoms in total. The maximum Gasteiger partial charge on any atom is 0.341 e. The molecule has 3 N–H and O–H groups in total. The fourth-order valence-electron chi connectivity index (χ4n) is 4.17. The van der Waals surface area contributed by atoms with Crippen LogP contribution >= 0.6 is 0 Å². The highest BCUT2D eigenvalue weighted by Crippen LogP contribution is 2.30. The molecule has 2 fully saturated rings. The monoisotopic (exact) mass is 353 g/mol. The van der Waals surface area contributed by atoms with Crippen molar-refractivity contribution in [1.29, 1.82) is 0 Å². The molecule has 0 aliphatic carbocycles. The van der Waals surface area contributed by atoms with Crippen molar-refractivity contribution in [2.24, 2.45) is 5.92 Å². The zero-order valence-corrected chi connectivity index (χ0v) is 14.8. The first-order valence-corrected chi connectivity index (χ1v) is 9.15. The molecule has 4 rings (SSSR count). The highest BCUT2D eigenvalue weighted by atomic mass is 16.4. The van der Waals surface area contributed by atoms with Crippen LogP contribution in [0.5, 0.6) is 0 Å². The van der Waals surface area contributed by atoms with E-state index in [9.17, 15) is 9.59 Å². The fraction of sp³-hybridized carbons (Fsp3) is 0.400. The predicted octanol–water partition coefficient (Wildman–Crippen LogP) is 2.10. The lowest BCUT2D eigenvalue weighted by molar-refractivity contribution is 0.0695. The van der Waals surface area contributed by atoms with Gasteiger partial charge in [0.05, 0.1) is 5.69 Å². The van der Waals surface area contributed by atoms with Gasteiger partial charge in [-0.15, -0.1) is 0 Å². The summed E-state index contributed by atoms with van der Waals surface area (Å²) in [6, 6.07) is 10.3. The molecular weight excluding hydrogens is 330 g/mol. The maximum absolute atomic E-state index is 12.1. The molecular formula is C20H23N3O3. The van der Waals surface area contributed by atoms with E-state index in [-0.39, 0.29) is 5.56 Å². The number of aromatic carboxylic acids is 1. The van der Waals surface area contributed by atoms with Crippen LogP contribution in [-0.4, -0.2) is 41.7 Å². The molecule has 2 aromatic rings. The lowest BCUT2D eigenvalue weighted by Gasteiger charge is -2.20. The van der Waals surface area contributed by atoms with E-state index >= 15 is 0 Å². The average Bonchev–Trinajstić information content (AvgIpc) is 3.23. The Balaban J connectivity index is 1.62. The van der Waals surface area contributed by atoms with Crippen molar-refractivity contribution >= 4 is 11.7 Å². The first-order chi connectivity index (χ1) is 12.6. The predicted molar refractivity (Wildman–Crippen MR) is 101 cm³/mol. The molecule has 2 atom stereocenters. The van der Waals surface area contributed by atoms with Gasteiger partial charge in [0.2, 0.25) is 0 Å². The van der Waals surface area contributed by atoms with E-state index in [1.54, 1.807) is 0 Å². The number of pyridine rings is 1. The summed E-state index contributed by atoms with van der Waals surface area (Å²) < 4.78 is 0. The van der Waals surface area contributed by atoms with Crippen molar-refractivity contribution in [2.75, 3.05) is 24.5 Å². The number of aromatic nitrogens is 1. The van der Waals surface area contributed by atoms with Crippen LogP contribution < -0.4 is 15.8 Å². The summed E-state index contributed by atoms with van der Waals surface area (Å²) in [5.74, 6) is -0.461. The van der Waals surface area contributed by atoms with Crippen molar-refractivity contribution in [2.45, 2.75) is 25.8 Å². The van der Waals surface area contributed by atoms with Crippen molar-refractivity contribution < 1.29 is 9.90 Å². The molecule has 26 heavy (non-hydrogen) atoms. The summed E-state index contributed by atoms with van der Waals surface area (Å²) in [7, 11) is 0. The van der Waals surface area contributed by atoms with Gasteiger partial charge in [-0.2, -0.15) is 0 Å². The highest BCUT2D eigenvalue weighted by molar-refractivity contribution is 5.88. The summed E-state index contributed by atoms with van der Waals surface area (Å²) in [6.45, 7) is 5.20. The number of carbonyl (C=O) groups is 1. The second-order valence-electron chi connectivity index (χ2n) is 7.13. The van der Waals surface area contributed by atoms with Crippen LogP contribution in [0.1, 0.15) is 29.3 Å². The Labute approximate surface area is 151 Å². The van der Waals surface area contributed by atoms with E-state index < -0.39 is 11.5 Å². The summed E-state index contributed by atoms with van der Waals surface area (Å²) in [6.07, 6.45) is 1.89. The lowest BCUT2D eigenvalue weighted by Crippen LogP contribution is -2.30. The standard InChI is InChI=1S/C20H23N3O3/c1-2-12-9-16(20(25)26)19(24)22-18(12)13-3-5-15(6-4-13)23-10-14-7-8-21-17(14)11-23/h3-6,9,14,17,21H,2,7-8,10-11H2,1H3,(H,22,24)(H,25,26)/t14-,17+/m1/s1. The minimum atomic E-state index is -1.20. The van der Waals surface area contributed by atoms with Crippen molar-refractivity contribution in [1.82, 2.24) is 10.3 Å². The molecule has 0 bridgehead atoms. The third-order valence-corrected chi connectivity index (χ3v) is 5.62. The molecule has 0 unspecified atom stereocenters. The van der Waals surface area contributed by atoms with Crippen LogP contribution in [0, 0.1) is 5.92 Å². The normalized spacial score (nSPS) is 21.8. The highest BCUT2D eigenvalue weighted by Gasteiger charge is 2.35. The van der Waals surface area contributed by atoms with Crippen LogP contribution in [0.4, 0.5) is 5.69 Å². The van der Waals surface area contributed by atoms with Crippen LogP contribution in [0.15, 0.2) is 35.1 Å². The number of fused-ring (bicyclic) bond motifs is 1. The number of rotatable bonds is 4. The number of carboxylic acids is 1. The Morgan fingerprint density at radius 2 is 2.04 bits per heavy atom. The number of aromatic amines is 1. The zero-order chi connectivity index (χ0) is 18.3. The number of benzene rings is 1. The van der Waals surface area contributed by atoms with Gasteiger partial charge >= 0.3 is 5.97 Å². The minimum absolute atomic E-state index is 0.210. The largest absolute Gasteiger partial charge is 0.477 e. The molecule has 6 heteroatoms. The number of nitrogens with one attached hydrogen (secondary N) is 2. The fourth-order valence-corrected chi connectivity index (χ4v) is 4.17. The van der Waals surface area contributed by atoms with E-state index in [0.29, 0.717) is 18.2 Å². The van der Waals surface area contributed by atoms with Gasteiger partial charge in [0, 0.05) is 24.8 Å². The SMILES string of the molecule is CCc1cc(C(=O)O)c(=O)[nH]c1-c1ccc(N2C[C@H]3CCN[C@H]3C2)cc1. The molecule has 2 aliphatic rings. The first kappa shape index (κ1) is 16.8. The number of hydrogen-bond donors (Lipinski definition) is 3. The summed E-state index contributed by atoms with van der Waals surface area (Å²) in [5.41, 5.74) is 2.85. The lowest BCUT2D eigenvalue weighted by atomic mass is 10.0. The topological polar surface area (TPSA) is 85.4 Å². The third-order valence-electron chi connectivity index (χ3n) is 5.62.